The average Bonchev–Trinajstić information content (AvgIpc) is 3.15. The van der Waals surface area contributed by atoms with Crippen LogP contribution in [0.15, 0.2) is 36.9 Å². The molecule has 0 saturated heterocycles. The normalized spacial score (nSPS) is 16.5. The molecule has 1 aliphatic rings. The molecule has 0 spiro atoms. The maximum absolute atomic E-state index is 12.8. The Bertz CT molecular complexity index is 719. The van der Waals surface area contributed by atoms with Crippen LogP contribution in [-0.4, -0.2) is 49.2 Å². The number of carbonyl (C=O) groups is 2. The van der Waals surface area contributed by atoms with E-state index in [-0.39, 0.29) is 5.91 Å². The molecular weight excluding hydrogens is 308 g/mol. The van der Waals surface area contributed by atoms with E-state index < -0.39 is 11.5 Å². The molecule has 2 aromatic rings. The van der Waals surface area contributed by atoms with Gasteiger partial charge in [-0.1, -0.05) is 19.3 Å². The van der Waals surface area contributed by atoms with Crippen molar-refractivity contribution >= 4 is 11.9 Å². The van der Waals surface area contributed by atoms with Crippen LogP contribution in [0, 0.1) is 0 Å². The molecule has 1 N–H and O–H groups in total. The highest BCUT2D eigenvalue weighted by atomic mass is 16.4. The molecule has 1 aliphatic carbocycles. The zero-order valence-electron chi connectivity index (χ0n) is 13.6. The van der Waals surface area contributed by atoms with Gasteiger partial charge < -0.3 is 10.0 Å². The molecule has 0 aliphatic heterocycles. The first-order valence-corrected chi connectivity index (χ1v) is 8.01. The zero-order chi connectivity index (χ0) is 17.2. The van der Waals surface area contributed by atoms with Crippen LogP contribution in [0.25, 0.3) is 5.69 Å². The van der Waals surface area contributed by atoms with E-state index in [2.05, 4.69) is 10.2 Å². The molecule has 0 unspecified atom stereocenters. The number of carbonyl (C=O) groups excluding carboxylic acids is 1. The van der Waals surface area contributed by atoms with E-state index in [4.69, 9.17) is 0 Å². The topological polar surface area (TPSA) is 88.3 Å². The number of benzene rings is 1. The van der Waals surface area contributed by atoms with Crippen LogP contribution in [0.5, 0.6) is 0 Å². The lowest BCUT2D eigenvalue weighted by atomic mass is 9.80. The van der Waals surface area contributed by atoms with Gasteiger partial charge in [-0.3, -0.25) is 9.36 Å². The van der Waals surface area contributed by atoms with Crippen LogP contribution in [0.1, 0.15) is 42.5 Å². The zero-order valence-corrected chi connectivity index (χ0v) is 13.6. The molecule has 0 bridgehead atoms. The first-order chi connectivity index (χ1) is 11.5. The molecule has 1 aromatic carbocycles. The van der Waals surface area contributed by atoms with Crippen LogP contribution < -0.4 is 0 Å². The molecule has 0 radical (unpaired) electrons. The fraction of sp³-hybridized carbons (Fsp3) is 0.412. The van der Waals surface area contributed by atoms with Crippen molar-refractivity contribution in [2.75, 3.05) is 7.05 Å². The summed E-state index contributed by atoms with van der Waals surface area (Å²) in [7, 11) is 1.59. The maximum Gasteiger partial charge on any atom is 0.329 e. The molecule has 1 amide bonds. The van der Waals surface area contributed by atoms with Crippen molar-refractivity contribution in [2.24, 2.45) is 0 Å². The average molecular weight is 328 g/mol. The van der Waals surface area contributed by atoms with Gasteiger partial charge in [-0.25, -0.2) is 4.79 Å². The second-order valence-electron chi connectivity index (χ2n) is 6.18. The molecule has 1 aromatic heterocycles. The van der Waals surface area contributed by atoms with Crippen molar-refractivity contribution in [1.29, 1.82) is 0 Å². The number of amides is 1. The standard InChI is InChI=1S/C17H20N4O3/c1-20(17(16(23)24)9-3-2-4-10-17)15(22)13-5-7-14(8-6-13)21-11-18-19-12-21/h5-8,11-12H,2-4,9-10H2,1H3,(H,23,24). The van der Waals surface area contributed by atoms with E-state index in [1.165, 1.54) is 4.90 Å². The van der Waals surface area contributed by atoms with Crippen molar-refractivity contribution < 1.29 is 14.7 Å². The van der Waals surface area contributed by atoms with Crippen molar-refractivity contribution in [3.8, 4) is 5.69 Å². The molecule has 24 heavy (non-hydrogen) atoms. The van der Waals surface area contributed by atoms with Crippen molar-refractivity contribution in [1.82, 2.24) is 19.7 Å². The fourth-order valence-electron chi connectivity index (χ4n) is 3.33. The Kier molecular flexibility index (Phi) is 4.33. The number of nitrogens with zero attached hydrogens (tertiary/aromatic N) is 4. The Morgan fingerprint density at radius 2 is 1.67 bits per heavy atom. The monoisotopic (exact) mass is 328 g/mol. The van der Waals surface area contributed by atoms with Gasteiger partial charge in [0.25, 0.3) is 5.91 Å². The Balaban J connectivity index is 1.83. The molecule has 1 fully saturated rings. The summed E-state index contributed by atoms with van der Waals surface area (Å²) >= 11 is 0. The van der Waals surface area contributed by atoms with E-state index in [1.807, 2.05) is 0 Å². The van der Waals surface area contributed by atoms with E-state index in [0.29, 0.717) is 18.4 Å². The van der Waals surface area contributed by atoms with Gasteiger partial charge in [0.15, 0.2) is 0 Å². The molecule has 7 nitrogen and oxygen atoms in total. The quantitative estimate of drug-likeness (QED) is 0.929. The number of hydrogen-bond acceptors (Lipinski definition) is 4. The number of aliphatic carboxylic acids is 1. The number of carboxylic acid groups (broad SMARTS) is 1. The summed E-state index contributed by atoms with van der Waals surface area (Å²) in [6.07, 6.45) is 6.83. The first-order valence-electron chi connectivity index (χ1n) is 8.01. The Morgan fingerprint density at radius 3 is 2.21 bits per heavy atom. The van der Waals surface area contributed by atoms with Gasteiger partial charge >= 0.3 is 5.97 Å². The van der Waals surface area contributed by atoms with Gasteiger partial charge in [-0.2, -0.15) is 0 Å². The molecule has 0 atom stereocenters. The van der Waals surface area contributed by atoms with Crippen molar-refractivity contribution in [3.63, 3.8) is 0 Å². The molecule has 1 saturated carbocycles. The summed E-state index contributed by atoms with van der Waals surface area (Å²) < 4.78 is 1.73. The van der Waals surface area contributed by atoms with Gasteiger partial charge in [-0.15, -0.1) is 10.2 Å². The Morgan fingerprint density at radius 1 is 1.08 bits per heavy atom. The van der Waals surface area contributed by atoms with Crippen LogP contribution >= 0.6 is 0 Å². The molecule has 7 heteroatoms. The summed E-state index contributed by atoms with van der Waals surface area (Å²) in [5.74, 6) is -1.19. The van der Waals surface area contributed by atoms with Crippen molar-refractivity contribution in [3.05, 3.63) is 42.5 Å². The molecule has 126 valence electrons. The molecular formula is C17H20N4O3. The van der Waals surface area contributed by atoms with Gasteiger partial charge in [0, 0.05) is 18.3 Å². The third-order valence-corrected chi connectivity index (χ3v) is 4.86. The largest absolute Gasteiger partial charge is 0.479 e. The minimum Gasteiger partial charge on any atom is -0.479 e. The summed E-state index contributed by atoms with van der Waals surface area (Å²) in [6.45, 7) is 0. The highest BCUT2D eigenvalue weighted by molar-refractivity contribution is 5.97. The highest BCUT2D eigenvalue weighted by Crippen LogP contribution is 2.34. The second-order valence-corrected chi connectivity index (χ2v) is 6.18. The van der Waals surface area contributed by atoms with Crippen LogP contribution in [0.4, 0.5) is 0 Å². The number of aromatic nitrogens is 3. The van der Waals surface area contributed by atoms with Crippen LogP contribution in [0.3, 0.4) is 0 Å². The Labute approximate surface area is 139 Å². The highest BCUT2D eigenvalue weighted by Gasteiger charge is 2.45. The van der Waals surface area contributed by atoms with Gasteiger partial charge in [0.2, 0.25) is 0 Å². The fourth-order valence-corrected chi connectivity index (χ4v) is 3.33. The minimum atomic E-state index is -1.09. The number of carboxylic acids is 1. The summed E-state index contributed by atoms with van der Waals surface area (Å²) in [4.78, 5) is 26.0. The van der Waals surface area contributed by atoms with E-state index in [1.54, 1.807) is 48.5 Å². The number of hydrogen-bond donors (Lipinski definition) is 1. The predicted octanol–water partition coefficient (Wildman–Crippen LogP) is 2.13. The first kappa shape index (κ1) is 16.2. The SMILES string of the molecule is CN(C(=O)c1ccc(-n2cnnc2)cc1)C1(C(=O)O)CCCCC1. The smallest absolute Gasteiger partial charge is 0.329 e. The lowest BCUT2D eigenvalue weighted by Gasteiger charge is -2.41. The van der Waals surface area contributed by atoms with Gasteiger partial charge in [0.05, 0.1) is 0 Å². The van der Waals surface area contributed by atoms with Crippen LogP contribution in [0.2, 0.25) is 0 Å². The van der Waals surface area contributed by atoms with E-state index in [0.717, 1.165) is 24.9 Å². The summed E-state index contributed by atoms with van der Waals surface area (Å²) in [5.41, 5.74) is 0.216. The van der Waals surface area contributed by atoms with Gasteiger partial charge in [-0.05, 0) is 37.1 Å². The summed E-state index contributed by atoms with van der Waals surface area (Å²) in [5, 5.41) is 17.2. The minimum absolute atomic E-state index is 0.269. The number of likely N-dealkylation sites (N-methyl/N-ethyl adjacent to an activating group) is 1. The lowest BCUT2D eigenvalue weighted by Crippen LogP contribution is -2.56. The van der Waals surface area contributed by atoms with Crippen LogP contribution in [-0.2, 0) is 4.79 Å². The summed E-state index contributed by atoms with van der Waals surface area (Å²) in [6, 6.07) is 6.98. The molecule has 3 rings (SSSR count). The third kappa shape index (κ3) is 2.77. The second kappa shape index (κ2) is 6.43. The van der Waals surface area contributed by atoms with Crippen molar-refractivity contribution in [2.45, 2.75) is 37.6 Å². The maximum atomic E-state index is 12.8. The van der Waals surface area contributed by atoms with E-state index >= 15 is 0 Å². The predicted molar refractivity (Wildman–Crippen MR) is 86.9 cm³/mol. The van der Waals surface area contributed by atoms with E-state index in [9.17, 15) is 14.7 Å². The molecule has 1 heterocycles. The Hall–Kier alpha value is -2.70. The van der Waals surface area contributed by atoms with Gasteiger partial charge in [0.1, 0.15) is 18.2 Å². The third-order valence-electron chi connectivity index (χ3n) is 4.86. The number of rotatable bonds is 4. The lowest BCUT2D eigenvalue weighted by molar-refractivity contribution is -0.151.